The number of nitrogens with two attached hydrogens (primary N) is 2. The highest BCUT2D eigenvalue weighted by Gasteiger charge is 2.18. The average molecular weight is 447 g/mol. The SMILES string of the molecule is C=C(C)C(=O)OC1C=CC(C2C=CC(/C=C/C(=O)OCCc3ccc(N)cc3N)=CC2)=CC1. The van der Waals surface area contributed by atoms with Gasteiger partial charge < -0.3 is 20.9 Å². The minimum atomic E-state index is -0.395. The van der Waals surface area contributed by atoms with Crippen molar-refractivity contribution in [3.8, 4) is 0 Å². The third-order valence-electron chi connectivity index (χ3n) is 5.45. The first-order valence-corrected chi connectivity index (χ1v) is 10.9. The van der Waals surface area contributed by atoms with E-state index in [1.807, 2.05) is 24.3 Å². The van der Waals surface area contributed by atoms with Gasteiger partial charge in [-0.05, 0) is 54.3 Å². The third-order valence-corrected chi connectivity index (χ3v) is 5.45. The van der Waals surface area contributed by atoms with Crippen LogP contribution in [0.25, 0.3) is 0 Å². The van der Waals surface area contributed by atoms with Crippen LogP contribution in [0.4, 0.5) is 11.4 Å². The van der Waals surface area contributed by atoms with Crippen molar-refractivity contribution in [3.63, 3.8) is 0 Å². The Morgan fingerprint density at radius 3 is 2.61 bits per heavy atom. The lowest BCUT2D eigenvalue weighted by Gasteiger charge is -2.22. The van der Waals surface area contributed by atoms with Crippen molar-refractivity contribution in [2.45, 2.75) is 32.3 Å². The summed E-state index contributed by atoms with van der Waals surface area (Å²) < 4.78 is 10.6. The number of benzene rings is 1. The summed E-state index contributed by atoms with van der Waals surface area (Å²) in [5, 5.41) is 0. The summed E-state index contributed by atoms with van der Waals surface area (Å²) in [6, 6.07) is 5.31. The Balaban J connectivity index is 1.42. The molecule has 0 heterocycles. The third kappa shape index (κ3) is 7.10. The van der Waals surface area contributed by atoms with Gasteiger partial charge in [-0.25, -0.2) is 9.59 Å². The van der Waals surface area contributed by atoms with Gasteiger partial charge in [-0.2, -0.15) is 0 Å². The smallest absolute Gasteiger partial charge is 0.333 e. The number of ether oxygens (including phenoxy) is 2. The van der Waals surface area contributed by atoms with Gasteiger partial charge in [0.1, 0.15) is 6.10 Å². The Kier molecular flexibility index (Phi) is 8.08. The molecule has 0 spiro atoms. The molecule has 0 saturated carbocycles. The molecular formula is C27H30N2O4. The van der Waals surface area contributed by atoms with Crippen LogP contribution in [-0.4, -0.2) is 24.6 Å². The molecule has 3 rings (SSSR count). The summed E-state index contributed by atoms with van der Waals surface area (Å²) in [7, 11) is 0. The number of allylic oxidation sites excluding steroid dienone is 7. The zero-order chi connectivity index (χ0) is 23.8. The molecule has 0 aromatic heterocycles. The molecule has 2 aliphatic carbocycles. The van der Waals surface area contributed by atoms with Crippen LogP contribution in [0, 0.1) is 5.92 Å². The van der Waals surface area contributed by atoms with Crippen LogP contribution in [0.2, 0.25) is 0 Å². The summed E-state index contributed by atoms with van der Waals surface area (Å²) >= 11 is 0. The molecular weight excluding hydrogens is 416 g/mol. The number of hydrogen-bond donors (Lipinski definition) is 2. The number of carbonyl (C=O) groups is 2. The van der Waals surface area contributed by atoms with Crippen LogP contribution in [-0.2, 0) is 25.5 Å². The van der Waals surface area contributed by atoms with Crippen molar-refractivity contribution in [1.82, 2.24) is 0 Å². The number of hydrogen-bond acceptors (Lipinski definition) is 6. The molecule has 0 saturated heterocycles. The van der Waals surface area contributed by atoms with E-state index in [0.29, 0.717) is 29.8 Å². The maximum absolute atomic E-state index is 12.0. The van der Waals surface area contributed by atoms with Crippen molar-refractivity contribution in [2.24, 2.45) is 5.92 Å². The summed E-state index contributed by atoms with van der Waals surface area (Å²) in [5.74, 6) is -0.506. The summed E-state index contributed by atoms with van der Waals surface area (Å²) in [4.78, 5) is 23.6. The highest BCUT2D eigenvalue weighted by atomic mass is 16.5. The van der Waals surface area contributed by atoms with Gasteiger partial charge in [0.15, 0.2) is 0 Å². The fourth-order valence-corrected chi connectivity index (χ4v) is 3.54. The second-order valence-corrected chi connectivity index (χ2v) is 8.14. The molecule has 1 aromatic carbocycles. The van der Waals surface area contributed by atoms with Crippen LogP contribution in [0.15, 0.2) is 90.1 Å². The lowest BCUT2D eigenvalue weighted by molar-refractivity contribution is -0.142. The van der Waals surface area contributed by atoms with E-state index in [1.54, 1.807) is 25.1 Å². The van der Waals surface area contributed by atoms with Crippen molar-refractivity contribution in [3.05, 3.63) is 95.7 Å². The van der Waals surface area contributed by atoms with Crippen LogP contribution >= 0.6 is 0 Å². The number of rotatable bonds is 8. The topological polar surface area (TPSA) is 105 Å². The van der Waals surface area contributed by atoms with Gasteiger partial charge in [-0.15, -0.1) is 0 Å². The molecule has 2 unspecified atom stereocenters. The second-order valence-electron chi connectivity index (χ2n) is 8.14. The maximum Gasteiger partial charge on any atom is 0.333 e. The molecule has 33 heavy (non-hydrogen) atoms. The molecule has 2 atom stereocenters. The first-order valence-electron chi connectivity index (χ1n) is 10.9. The summed E-state index contributed by atoms with van der Waals surface area (Å²) in [6.07, 6.45) is 17.2. The quantitative estimate of drug-likeness (QED) is 0.349. The highest BCUT2D eigenvalue weighted by Crippen LogP contribution is 2.28. The van der Waals surface area contributed by atoms with Gasteiger partial charge in [-0.3, -0.25) is 0 Å². The molecule has 0 radical (unpaired) electrons. The van der Waals surface area contributed by atoms with E-state index in [2.05, 4.69) is 24.8 Å². The van der Waals surface area contributed by atoms with E-state index < -0.39 is 5.97 Å². The number of carbonyl (C=O) groups excluding carboxylic acids is 2. The standard InChI is InChI=1S/C27H30N2O4/c1-18(2)27(31)33-24-12-9-21(10-13-24)20-6-3-19(4-7-20)5-14-26(30)32-16-15-22-8-11-23(28)17-25(22)29/h3-6,8-12,14,17,20,24H,1,7,13,15-16,28-29H2,2H3/b14-5+. The molecule has 0 bridgehead atoms. The van der Waals surface area contributed by atoms with E-state index in [-0.39, 0.29) is 24.6 Å². The Bertz CT molecular complexity index is 1080. The highest BCUT2D eigenvalue weighted by molar-refractivity contribution is 5.87. The van der Waals surface area contributed by atoms with Crippen molar-refractivity contribution >= 4 is 23.3 Å². The average Bonchev–Trinajstić information content (AvgIpc) is 2.80. The van der Waals surface area contributed by atoms with Gasteiger partial charge in [-0.1, -0.05) is 43.0 Å². The molecule has 0 aliphatic heterocycles. The van der Waals surface area contributed by atoms with Crippen LogP contribution in [0.5, 0.6) is 0 Å². The minimum absolute atomic E-state index is 0.247. The molecule has 1 aromatic rings. The number of esters is 2. The Labute approximate surface area is 194 Å². The van der Waals surface area contributed by atoms with Gasteiger partial charge in [0.05, 0.1) is 6.61 Å². The largest absolute Gasteiger partial charge is 0.462 e. The minimum Gasteiger partial charge on any atom is -0.462 e. The van der Waals surface area contributed by atoms with Crippen molar-refractivity contribution in [1.29, 1.82) is 0 Å². The molecule has 6 heteroatoms. The van der Waals surface area contributed by atoms with Crippen LogP contribution < -0.4 is 11.5 Å². The van der Waals surface area contributed by atoms with Crippen molar-refractivity contribution < 1.29 is 19.1 Å². The second kappa shape index (κ2) is 11.2. The van der Waals surface area contributed by atoms with Gasteiger partial charge in [0.2, 0.25) is 0 Å². The van der Waals surface area contributed by atoms with E-state index in [1.165, 1.54) is 11.6 Å². The van der Waals surface area contributed by atoms with Crippen molar-refractivity contribution in [2.75, 3.05) is 18.1 Å². The zero-order valence-electron chi connectivity index (χ0n) is 18.8. The lowest BCUT2D eigenvalue weighted by atomic mass is 9.87. The Morgan fingerprint density at radius 2 is 1.97 bits per heavy atom. The number of nitrogen functional groups attached to an aromatic ring is 2. The Hall–Kier alpha value is -3.80. The molecule has 0 amide bonds. The van der Waals surface area contributed by atoms with E-state index in [0.717, 1.165) is 17.6 Å². The van der Waals surface area contributed by atoms with E-state index in [4.69, 9.17) is 20.9 Å². The Morgan fingerprint density at radius 1 is 1.15 bits per heavy atom. The lowest BCUT2D eigenvalue weighted by Crippen LogP contribution is -2.18. The fraction of sp³-hybridized carbons (Fsp3) is 0.259. The normalized spacial score (nSPS) is 19.7. The maximum atomic E-state index is 12.0. The monoisotopic (exact) mass is 446 g/mol. The zero-order valence-corrected chi connectivity index (χ0v) is 18.8. The summed E-state index contributed by atoms with van der Waals surface area (Å²) in [5.41, 5.74) is 16.3. The molecule has 0 fully saturated rings. The van der Waals surface area contributed by atoms with E-state index in [9.17, 15) is 9.59 Å². The van der Waals surface area contributed by atoms with Crippen LogP contribution in [0.1, 0.15) is 25.3 Å². The molecule has 172 valence electrons. The van der Waals surface area contributed by atoms with Crippen LogP contribution in [0.3, 0.4) is 0 Å². The molecule has 2 aliphatic rings. The van der Waals surface area contributed by atoms with Gasteiger partial charge in [0.25, 0.3) is 0 Å². The fourth-order valence-electron chi connectivity index (χ4n) is 3.54. The first kappa shape index (κ1) is 23.9. The van der Waals surface area contributed by atoms with E-state index >= 15 is 0 Å². The predicted octanol–water partition coefficient (Wildman–Crippen LogP) is 4.37. The van der Waals surface area contributed by atoms with Gasteiger partial charge >= 0.3 is 11.9 Å². The molecule has 6 nitrogen and oxygen atoms in total. The van der Waals surface area contributed by atoms with Gasteiger partial charge in [0, 0.05) is 41.8 Å². The number of anilines is 2. The summed E-state index contributed by atoms with van der Waals surface area (Å²) in [6.45, 7) is 5.49. The molecule has 4 N–H and O–H groups in total. The first-order chi connectivity index (χ1) is 15.8. The predicted molar refractivity (Wildman–Crippen MR) is 131 cm³/mol.